The molecule has 0 aliphatic carbocycles. The van der Waals surface area contributed by atoms with Crippen LogP contribution in [0.3, 0.4) is 0 Å². The van der Waals surface area contributed by atoms with Gasteiger partial charge in [-0.2, -0.15) is 8.78 Å². The van der Waals surface area contributed by atoms with Gasteiger partial charge in [0.1, 0.15) is 6.04 Å². The highest BCUT2D eigenvalue weighted by atomic mass is 35.5. The predicted molar refractivity (Wildman–Crippen MR) is 166 cm³/mol. The number of carbonyl (C=O) groups is 4. The van der Waals surface area contributed by atoms with Crippen LogP contribution in [0.2, 0.25) is 5.02 Å². The number of rotatable bonds is 16. The van der Waals surface area contributed by atoms with E-state index in [4.69, 9.17) is 11.6 Å². The molecule has 3 amide bonds. The van der Waals surface area contributed by atoms with Crippen LogP contribution in [0, 0.1) is 5.92 Å². The zero-order valence-corrected chi connectivity index (χ0v) is 25.6. The van der Waals surface area contributed by atoms with Crippen LogP contribution in [0.1, 0.15) is 43.4 Å². The van der Waals surface area contributed by atoms with E-state index >= 15 is 8.78 Å². The number of hydrogen-bond donors (Lipinski definition) is 3. The third kappa shape index (κ3) is 10.6. The largest absolute Gasteiger partial charge is 0.383 e. The summed E-state index contributed by atoms with van der Waals surface area (Å²) in [6.45, 7) is 2.90. The maximum Gasteiger partial charge on any atom is 0.383 e. The summed E-state index contributed by atoms with van der Waals surface area (Å²) in [4.78, 5) is 51.7. The zero-order chi connectivity index (χ0) is 32.1. The van der Waals surface area contributed by atoms with Crippen molar-refractivity contribution in [2.75, 3.05) is 6.54 Å². The number of carbonyl (C=O) groups excluding carboxylic acids is 4. The molecule has 0 fully saturated rings. The van der Waals surface area contributed by atoms with Crippen LogP contribution in [0.15, 0.2) is 84.9 Å². The number of Topliss-reactive ketones (excluding diaryl/α,β-unsaturated/α-hetero) is 1. The summed E-state index contributed by atoms with van der Waals surface area (Å²) in [7, 11) is 0. The molecule has 7 nitrogen and oxygen atoms in total. The molecule has 0 spiro atoms. The molecule has 3 rings (SSSR count). The van der Waals surface area contributed by atoms with Crippen molar-refractivity contribution >= 4 is 35.1 Å². The Bertz CT molecular complexity index is 1400. The fraction of sp³-hybridized carbons (Fsp3) is 0.353. The second-order valence-electron chi connectivity index (χ2n) is 10.9. The standard InChI is InChI=1S/C34H38ClF2N3O4/c1-23(2)30(31(42)34(36,37)33(44)38-21-20-25-12-7-4-8-13-25)40-32(43)28(18-16-24-10-5-3-6-11-24)39-29(41)19-17-26-14-9-15-27(35)22-26/h3-15,22-23,28,30H,16-21H2,1-2H3,(H,38,44)(H,39,41)(H,40,43)/t28-,30-/m0/s1. The van der Waals surface area contributed by atoms with Gasteiger partial charge in [-0.3, -0.25) is 19.2 Å². The second kappa shape index (κ2) is 16.7. The fourth-order valence-electron chi connectivity index (χ4n) is 4.61. The van der Waals surface area contributed by atoms with Crippen LogP contribution in [0.4, 0.5) is 8.78 Å². The van der Waals surface area contributed by atoms with Crippen LogP contribution in [0.25, 0.3) is 0 Å². The van der Waals surface area contributed by atoms with Crippen molar-refractivity contribution in [3.8, 4) is 0 Å². The van der Waals surface area contributed by atoms with Gasteiger partial charge in [-0.1, -0.05) is 98.2 Å². The molecule has 0 radical (unpaired) electrons. The van der Waals surface area contributed by atoms with Crippen LogP contribution in [-0.4, -0.2) is 48.1 Å². The molecule has 0 saturated carbocycles. The summed E-state index contributed by atoms with van der Waals surface area (Å²) in [5.41, 5.74) is 2.59. The summed E-state index contributed by atoms with van der Waals surface area (Å²) < 4.78 is 30.2. The van der Waals surface area contributed by atoms with Crippen LogP contribution < -0.4 is 16.0 Å². The lowest BCUT2D eigenvalue weighted by Crippen LogP contribution is -2.59. The third-order valence-electron chi connectivity index (χ3n) is 7.13. The highest BCUT2D eigenvalue weighted by molar-refractivity contribution is 6.30. The highest BCUT2D eigenvalue weighted by Crippen LogP contribution is 2.21. The maximum absolute atomic E-state index is 15.1. The van der Waals surface area contributed by atoms with Gasteiger partial charge in [-0.05, 0) is 60.4 Å². The highest BCUT2D eigenvalue weighted by Gasteiger charge is 2.51. The van der Waals surface area contributed by atoms with Crippen molar-refractivity contribution in [3.63, 3.8) is 0 Å². The minimum atomic E-state index is -4.38. The number of halogens is 3. The van der Waals surface area contributed by atoms with Crippen molar-refractivity contribution in [1.82, 2.24) is 16.0 Å². The van der Waals surface area contributed by atoms with Gasteiger partial charge in [0.2, 0.25) is 17.6 Å². The molecule has 0 saturated heterocycles. The first-order chi connectivity index (χ1) is 21.0. The summed E-state index contributed by atoms with van der Waals surface area (Å²) >= 11 is 6.03. The molecule has 234 valence electrons. The first-order valence-electron chi connectivity index (χ1n) is 14.6. The lowest BCUT2D eigenvalue weighted by molar-refractivity contribution is -0.161. The molecule has 10 heteroatoms. The van der Waals surface area contributed by atoms with E-state index in [1.807, 2.05) is 42.5 Å². The van der Waals surface area contributed by atoms with E-state index in [1.165, 1.54) is 13.8 Å². The lowest BCUT2D eigenvalue weighted by Gasteiger charge is -2.27. The van der Waals surface area contributed by atoms with E-state index in [0.29, 0.717) is 24.3 Å². The van der Waals surface area contributed by atoms with Crippen LogP contribution in [-0.2, 0) is 38.4 Å². The van der Waals surface area contributed by atoms with Crippen molar-refractivity contribution < 1.29 is 28.0 Å². The summed E-state index contributed by atoms with van der Waals surface area (Å²) in [5.74, 6) is -9.79. The van der Waals surface area contributed by atoms with Gasteiger partial charge in [0, 0.05) is 18.0 Å². The number of aryl methyl sites for hydroxylation is 2. The Labute approximate surface area is 261 Å². The van der Waals surface area contributed by atoms with Crippen molar-refractivity contribution in [2.24, 2.45) is 5.92 Å². The van der Waals surface area contributed by atoms with Gasteiger partial charge in [-0.25, -0.2) is 0 Å². The molecule has 0 heterocycles. The maximum atomic E-state index is 15.1. The van der Waals surface area contributed by atoms with E-state index in [0.717, 1.165) is 16.7 Å². The van der Waals surface area contributed by atoms with E-state index in [1.54, 1.807) is 42.5 Å². The molecule has 0 bridgehead atoms. The van der Waals surface area contributed by atoms with Crippen molar-refractivity contribution in [3.05, 3.63) is 107 Å². The molecule has 3 N–H and O–H groups in total. The SMILES string of the molecule is CC(C)[C@H](NC(=O)[C@H](CCc1ccccc1)NC(=O)CCc1cccc(Cl)c1)C(=O)C(F)(F)C(=O)NCCc1ccccc1. The van der Waals surface area contributed by atoms with Crippen LogP contribution >= 0.6 is 11.6 Å². The molecule has 0 aliphatic heterocycles. The normalized spacial score (nSPS) is 12.7. The molecule has 0 unspecified atom stereocenters. The zero-order valence-electron chi connectivity index (χ0n) is 24.8. The van der Waals surface area contributed by atoms with Gasteiger partial charge < -0.3 is 16.0 Å². The summed E-state index contributed by atoms with van der Waals surface area (Å²) in [5, 5.41) is 7.77. The third-order valence-corrected chi connectivity index (χ3v) is 7.36. The Morgan fingerprint density at radius 3 is 1.95 bits per heavy atom. The van der Waals surface area contributed by atoms with Gasteiger partial charge in [-0.15, -0.1) is 0 Å². The Balaban J connectivity index is 1.67. The number of alkyl halides is 2. The minimum absolute atomic E-state index is 0.0588. The number of amides is 3. The average Bonchev–Trinajstić information content (AvgIpc) is 3.01. The number of ketones is 1. The molecule has 0 aromatic heterocycles. The number of hydrogen-bond acceptors (Lipinski definition) is 4. The quantitative estimate of drug-likeness (QED) is 0.193. The van der Waals surface area contributed by atoms with Gasteiger partial charge in [0.05, 0.1) is 6.04 Å². The predicted octanol–water partition coefficient (Wildman–Crippen LogP) is 5.09. The Morgan fingerprint density at radius 1 is 0.773 bits per heavy atom. The molecule has 3 aromatic carbocycles. The molecular formula is C34H38ClF2N3O4. The van der Waals surface area contributed by atoms with Gasteiger partial charge in [0.25, 0.3) is 5.91 Å². The van der Waals surface area contributed by atoms with Gasteiger partial charge in [0.15, 0.2) is 0 Å². The second-order valence-corrected chi connectivity index (χ2v) is 11.4. The molecule has 2 atom stereocenters. The summed E-state index contributed by atoms with van der Waals surface area (Å²) in [6.07, 6.45) is 1.31. The first-order valence-corrected chi connectivity index (χ1v) is 15.0. The average molecular weight is 626 g/mol. The molecule has 0 aliphatic rings. The molecule has 3 aromatic rings. The first kappa shape index (κ1) is 34.4. The Kier molecular flexibility index (Phi) is 13.0. The number of benzene rings is 3. The lowest BCUT2D eigenvalue weighted by atomic mass is 9.94. The van der Waals surface area contributed by atoms with E-state index in [9.17, 15) is 19.2 Å². The smallest absolute Gasteiger partial charge is 0.350 e. The van der Waals surface area contributed by atoms with Crippen LogP contribution in [0.5, 0.6) is 0 Å². The number of nitrogens with one attached hydrogen (secondary N) is 3. The summed E-state index contributed by atoms with van der Waals surface area (Å²) in [6, 6.07) is 22.5. The fourth-order valence-corrected chi connectivity index (χ4v) is 4.83. The van der Waals surface area contributed by atoms with E-state index in [2.05, 4.69) is 16.0 Å². The monoisotopic (exact) mass is 625 g/mol. The Morgan fingerprint density at radius 2 is 1.36 bits per heavy atom. The van der Waals surface area contributed by atoms with Crippen molar-refractivity contribution in [2.45, 2.75) is 64.0 Å². The molecule has 44 heavy (non-hydrogen) atoms. The minimum Gasteiger partial charge on any atom is -0.350 e. The molecular weight excluding hydrogens is 588 g/mol. The van der Waals surface area contributed by atoms with Crippen molar-refractivity contribution in [1.29, 1.82) is 0 Å². The van der Waals surface area contributed by atoms with Gasteiger partial charge >= 0.3 is 5.92 Å². The Hall–Kier alpha value is -4.11. The topological polar surface area (TPSA) is 104 Å². The van der Waals surface area contributed by atoms with E-state index < -0.39 is 47.4 Å². The van der Waals surface area contributed by atoms with E-state index in [-0.39, 0.29) is 19.4 Å².